The van der Waals surface area contributed by atoms with Crippen molar-refractivity contribution in [3.8, 4) is 11.3 Å². The fourth-order valence-electron chi connectivity index (χ4n) is 3.76. The molecule has 0 aliphatic heterocycles. The van der Waals surface area contributed by atoms with E-state index in [0.29, 0.717) is 10.6 Å². The minimum absolute atomic E-state index is 0.150. The van der Waals surface area contributed by atoms with Gasteiger partial charge < -0.3 is 11.1 Å². The van der Waals surface area contributed by atoms with Gasteiger partial charge in [-0.25, -0.2) is 4.98 Å². The summed E-state index contributed by atoms with van der Waals surface area (Å²) in [6.07, 6.45) is 4.18. The summed E-state index contributed by atoms with van der Waals surface area (Å²) in [5, 5.41) is 4.47. The number of aryl methyl sites for hydroxylation is 3. The topological polar surface area (TPSA) is 85.1 Å². The van der Waals surface area contributed by atoms with E-state index in [0.717, 1.165) is 52.4 Å². The number of benzene rings is 1. The number of thiophene rings is 1. The molecule has 0 spiro atoms. The van der Waals surface area contributed by atoms with E-state index >= 15 is 0 Å². The van der Waals surface area contributed by atoms with Gasteiger partial charge in [0.05, 0.1) is 22.7 Å². The van der Waals surface area contributed by atoms with E-state index in [9.17, 15) is 9.59 Å². The fourth-order valence-corrected chi connectivity index (χ4v) is 6.03. The lowest BCUT2D eigenvalue weighted by atomic mass is 9.95. The summed E-state index contributed by atoms with van der Waals surface area (Å²) in [4.78, 5) is 31.6. The maximum absolute atomic E-state index is 12.8. The van der Waals surface area contributed by atoms with E-state index < -0.39 is 5.91 Å². The summed E-state index contributed by atoms with van der Waals surface area (Å²) in [6.45, 7) is 3.99. The molecule has 3 aromatic rings. The number of carbonyl (C=O) groups excluding carboxylic acids is 2. The largest absolute Gasteiger partial charge is 0.365 e. The van der Waals surface area contributed by atoms with Gasteiger partial charge in [-0.3, -0.25) is 9.59 Å². The molecule has 2 amide bonds. The molecule has 150 valence electrons. The van der Waals surface area contributed by atoms with Crippen molar-refractivity contribution < 1.29 is 9.59 Å². The van der Waals surface area contributed by atoms with Crippen molar-refractivity contribution in [1.29, 1.82) is 0 Å². The quantitative estimate of drug-likeness (QED) is 0.624. The third-order valence-electron chi connectivity index (χ3n) is 5.12. The SMILES string of the molecule is Cc1ccc(-c2nc(C)sc2CC(=O)Nc2sc3c(c2C(N)=O)CCCC3)cc1. The van der Waals surface area contributed by atoms with E-state index in [1.54, 1.807) is 0 Å². The Morgan fingerprint density at radius 1 is 1.10 bits per heavy atom. The van der Waals surface area contributed by atoms with Crippen LogP contribution in [0, 0.1) is 13.8 Å². The first-order valence-electron chi connectivity index (χ1n) is 9.70. The highest BCUT2D eigenvalue weighted by molar-refractivity contribution is 7.17. The van der Waals surface area contributed by atoms with E-state index in [-0.39, 0.29) is 12.3 Å². The molecule has 0 fully saturated rings. The molecule has 0 saturated carbocycles. The normalized spacial score (nSPS) is 13.2. The van der Waals surface area contributed by atoms with Crippen molar-refractivity contribution in [3.63, 3.8) is 0 Å². The van der Waals surface area contributed by atoms with E-state index in [1.807, 2.05) is 38.1 Å². The molecule has 7 heteroatoms. The van der Waals surface area contributed by atoms with Crippen molar-refractivity contribution in [2.24, 2.45) is 5.73 Å². The average Bonchev–Trinajstić information content (AvgIpc) is 3.21. The van der Waals surface area contributed by atoms with Gasteiger partial charge >= 0.3 is 0 Å². The number of rotatable bonds is 5. The first kappa shape index (κ1) is 19.8. The van der Waals surface area contributed by atoms with Gasteiger partial charge in [0.1, 0.15) is 5.00 Å². The molecule has 29 heavy (non-hydrogen) atoms. The molecule has 0 radical (unpaired) electrons. The number of fused-ring (bicyclic) bond motifs is 1. The third-order valence-corrected chi connectivity index (χ3v) is 7.30. The Labute approximate surface area is 178 Å². The maximum Gasteiger partial charge on any atom is 0.251 e. The smallest absolute Gasteiger partial charge is 0.251 e. The molecule has 0 atom stereocenters. The number of hydrogen-bond acceptors (Lipinski definition) is 5. The van der Waals surface area contributed by atoms with Crippen molar-refractivity contribution in [2.75, 3.05) is 5.32 Å². The average molecular weight is 426 g/mol. The van der Waals surface area contributed by atoms with Gasteiger partial charge in [-0.15, -0.1) is 22.7 Å². The number of hydrogen-bond donors (Lipinski definition) is 2. The molecule has 2 aromatic heterocycles. The highest BCUT2D eigenvalue weighted by atomic mass is 32.1. The van der Waals surface area contributed by atoms with Crippen molar-refractivity contribution in [2.45, 2.75) is 46.0 Å². The van der Waals surface area contributed by atoms with Crippen molar-refractivity contribution >= 4 is 39.5 Å². The van der Waals surface area contributed by atoms with Gasteiger partial charge in [0, 0.05) is 15.3 Å². The predicted molar refractivity (Wildman–Crippen MR) is 119 cm³/mol. The zero-order valence-electron chi connectivity index (χ0n) is 16.5. The Kier molecular flexibility index (Phi) is 5.52. The number of nitrogens with one attached hydrogen (secondary N) is 1. The summed E-state index contributed by atoms with van der Waals surface area (Å²) in [6, 6.07) is 8.15. The summed E-state index contributed by atoms with van der Waals surface area (Å²) in [5.74, 6) is -0.614. The molecule has 1 aliphatic rings. The summed E-state index contributed by atoms with van der Waals surface area (Å²) >= 11 is 3.02. The van der Waals surface area contributed by atoms with Crippen LogP contribution in [-0.4, -0.2) is 16.8 Å². The van der Waals surface area contributed by atoms with Crippen LogP contribution in [0.1, 0.15) is 49.1 Å². The Balaban J connectivity index is 1.58. The van der Waals surface area contributed by atoms with Gasteiger partial charge in [0.25, 0.3) is 5.91 Å². The number of nitrogens with zero attached hydrogens (tertiary/aromatic N) is 1. The van der Waals surface area contributed by atoms with E-state index in [1.165, 1.54) is 33.1 Å². The molecule has 0 bridgehead atoms. The summed E-state index contributed by atoms with van der Waals surface area (Å²) < 4.78 is 0. The standard InChI is InChI=1S/C22H23N3O2S2/c1-12-7-9-14(10-8-12)20-17(28-13(2)24-20)11-18(26)25-22-19(21(23)27)15-5-3-4-6-16(15)29-22/h7-10H,3-6,11H2,1-2H3,(H2,23,27)(H,25,26). The number of aromatic nitrogens is 1. The van der Waals surface area contributed by atoms with E-state index in [2.05, 4.69) is 10.3 Å². The van der Waals surface area contributed by atoms with Gasteiger partial charge in [-0.2, -0.15) is 0 Å². The van der Waals surface area contributed by atoms with Crippen LogP contribution in [0.25, 0.3) is 11.3 Å². The number of primary amides is 1. The number of carbonyl (C=O) groups is 2. The Morgan fingerprint density at radius 3 is 2.55 bits per heavy atom. The van der Waals surface area contributed by atoms with Crippen molar-refractivity contribution in [3.05, 3.63) is 55.7 Å². The Hall–Kier alpha value is -2.51. The molecule has 3 N–H and O–H groups in total. The highest BCUT2D eigenvalue weighted by Gasteiger charge is 2.25. The monoisotopic (exact) mass is 425 g/mol. The first-order chi connectivity index (χ1) is 13.9. The Bertz CT molecular complexity index is 1080. The number of anilines is 1. The van der Waals surface area contributed by atoms with Crippen LogP contribution < -0.4 is 11.1 Å². The second kappa shape index (κ2) is 8.08. The number of nitrogens with two attached hydrogens (primary N) is 1. The molecule has 4 rings (SSSR count). The molecular weight excluding hydrogens is 402 g/mol. The van der Waals surface area contributed by atoms with Gasteiger partial charge in [-0.05, 0) is 45.1 Å². The second-order valence-electron chi connectivity index (χ2n) is 7.37. The van der Waals surface area contributed by atoms with Crippen LogP contribution in [0.4, 0.5) is 5.00 Å². The molecular formula is C22H23N3O2S2. The molecule has 0 saturated heterocycles. The van der Waals surface area contributed by atoms with Crippen LogP contribution in [-0.2, 0) is 24.1 Å². The number of thiazole rings is 1. The molecule has 5 nitrogen and oxygen atoms in total. The zero-order valence-corrected chi connectivity index (χ0v) is 18.1. The van der Waals surface area contributed by atoms with Crippen LogP contribution >= 0.6 is 22.7 Å². The van der Waals surface area contributed by atoms with Gasteiger partial charge in [0.2, 0.25) is 5.91 Å². The van der Waals surface area contributed by atoms with Gasteiger partial charge in [-0.1, -0.05) is 29.8 Å². The molecule has 1 aliphatic carbocycles. The lowest BCUT2D eigenvalue weighted by Gasteiger charge is -2.11. The molecule has 1 aromatic carbocycles. The highest BCUT2D eigenvalue weighted by Crippen LogP contribution is 2.38. The molecule has 2 heterocycles. The van der Waals surface area contributed by atoms with Crippen LogP contribution in [0.15, 0.2) is 24.3 Å². The third kappa shape index (κ3) is 4.11. The van der Waals surface area contributed by atoms with Crippen LogP contribution in [0.5, 0.6) is 0 Å². The lowest BCUT2D eigenvalue weighted by molar-refractivity contribution is -0.115. The lowest BCUT2D eigenvalue weighted by Crippen LogP contribution is -2.19. The summed E-state index contributed by atoms with van der Waals surface area (Å²) in [7, 11) is 0. The number of amides is 2. The van der Waals surface area contributed by atoms with Crippen molar-refractivity contribution in [1.82, 2.24) is 4.98 Å². The minimum atomic E-state index is -0.464. The maximum atomic E-state index is 12.8. The van der Waals surface area contributed by atoms with E-state index in [4.69, 9.17) is 5.73 Å². The predicted octanol–water partition coefficient (Wildman–Crippen LogP) is 4.65. The van der Waals surface area contributed by atoms with Crippen LogP contribution in [0.3, 0.4) is 0 Å². The zero-order chi connectivity index (χ0) is 20.5. The fraction of sp³-hybridized carbons (Fsp3) is 0.318. The Morgan fingerprint density at radius 2 is 1.83 bits per heavy atom. The first-order valence-corrected chi connectivity index (χ1v) is 11.3. The second-order valence-corrected chi connectivity index (χ2v) is 9.77. The minimum Gasteiger partial charge on any atom is -0.365 e. The van der Waals surface area contributed by atoms with Crippen LogP contribution in [0.2, 0.25) is 0 Å². The summed E-state index contributed by atoms with van der Waals surface area (Å²) in [5.41, 5.74) is 10.2. The van der Waals surface area contributed by atoms with Gasteiger partial charge in [0.15, 0.2) is 0 Å². The molecule has 0 unspecified atom stereocenters.